The minimum absolute atomic E-state index is 0.119. The maximum atomic E-state index is 13.0. The maximum absolute atomic E-state index is 13.0. The van der Waals surface area contributed by atoms with Crippen LogP contribution in [-0.2, 0) is 11.2 Å². The Labute approximate surface area is 168 Å². The molecule has 0 atom stereocenters. The van der Waals surface area contributed by atoms with Crippen molar-refractivity contribution < 1.29 is 9.18 Å². The third kappa shape index (κ3) is 4.13. The van der Waals surface area contributed by atoms with E-state index in [9.17, 15) is 9.18 Å². The number of carbonyl (C=O) groups excluding carboxylic acids is 1. The monoisotopic (exact) mass is 410 g/mol. The molecule has 0 saturated carbocycles. The Kier molecular flexibility index (Phi) is 5.23. The van der Waals surface area contributed by atoms with Gasteiger partial charge in [-0.25, -0.2) is 19.8 Å². The molecule has 0 fully saturated rings. The quantitative estimate of drug-likeness (QED) is 0.385. The summed E-state index contributed by atoms with van der Waals surface area (Å²) in [6.07, 6.45) is 0.119. The van der Waals surface area contributed by atoms with Gasteiger partial charge in [0, 0.05) is 10.9 Å². The van der Waals surface area contributed by atoms with E-state index in [1.807, 2.05) is 36.6 Å². The van der Waals surface area contributed by atoms with Crippen molar-refractivity contribution in [3.8, 4) is 10.6 Å². The van der Waals surface area contributed by atoms with E-state index in [1.165, 1.54) is 34.8 Å². The molecule has 140 valence electrons. The number of para-hydroxylation sites is 1. The number of hydrazone groups is 1. The number of benzene rings is 2. The van der Waals surface area contributed by atoms with Crippen LogP contribution in [0.4, 0.5) is 4.39 Å². The zero-order valence-corrected chi connectivity index (χ0v) is 16.5. The highest BCUT2D eigenvalue weighted by Gasteiger charge is 2.10. The number of carbonyl (C=O) groups is 1. The number of amides is 1. The molecular weight excluding hydrogens is 395 g/mol. The lowest BCUT2D eigenvalue weighted by Gasteiger charge is -1.99. The topological polar surface area (TPSA) is 67.2 Å². The second kappa shape index (κ2) is 7.95. The summed E-state index contributed by atoms with van der Waals surface area (Å²) in [5.74, 6) is -0.544. The normalized spacial score (nSPS) is 11.7. The van der Waals surface area contributed by atoms with Crippen LogP contribution in [0.15, 0.2) is 59.0 Å². The van der Waals surface area contributed by atoms with Crippen molar-refractivity contribution in [1.82, 2.24) is 15.4 Å². The predicted molar refractivity (Wildman–Crippen MR) is 111 cm³/mol. The zero-order valence-electron chi connectivity index (χ0n) is 14.8. The predicted octanol–water partition coefficient (Wildman–Crippen LogP) is 4.64. The van der Waals surface area contributed by atoms with Gasteiger partial charge in [-0.1, -0.05) is 12.1 Å². The molecule has 28 heavy (non-hydrogen) atoms. The van der Waals surface area contributed by atoms with Crippen molar-refractivity contribution in [3.05, 3.63) is 70.4 Å². The average molecular weight is 410 g/mol. The molecule has 5 nitrogen and oxygen atoms in total. The molecule has 0 bridgehead atoms. The van der Waals surface area contributed by atoms with E-state index in [4.69, 9.17) is 0 Å². The molecule has 0 saturated heterocycles. The van der Waals surface area contributed by atoms with Crippen molar-refractivity contribution >= 4 is 44.5 Å². The number of nitrogens with one attached hydrogen (secondary N) is 1. The first-order chi connectivity index (χ1) is 13.6. The van der Waals surface area contributed by atoms with Crippen LogP contribution < -0.4 is 5.43 Å². The van der Waals surface area contributed by atoms with Gasteiger partial charge in [0.1, 0.15) is 15.8 Å². The number of rotatable bonds is 5. The summed E-state index contributed by atoms with van der Waals surface area (Å²) in [5.41, 5.74) is 5.60. The van der Waals surface area contributed by atoms with Crippen molar-refractivity contribution in [2.24, 2.45) is 5.10 Å². The SMILES string of the molecule is C/C(=N/NC(=O)Cc1csc(-c2ccc(F)cc2)n1)c1nc2ccccc2s1. The Morgan fingerprint density at radius 1 is 1.14 bits per heavy atom. The second-order valence-electron chi connectivity index (χ2n) is 6.05. The first-order valence-corrected chi connectivity index (χ1v) is 10.2. The summed E-state index contributed by atoms with van der Waals surface area (Å²) in [6, 6.07) is 14.0. The molecule has 4 aromatic rings. The molecule has 0 radical (unpaired) electrons. The summed E-state index contributed by atoms with van der Waals surface area (Å²) in [5, 5.41) is 7.50. The minimum Gasteiger partial charge on any atom is -0.273 e. The van der Waals surface area contributed by atoms with Crippen LogP contribution in [0, 0.1) is 5.82 Å². The number of thiazole rings is 2. The first-order valence-electron chi connectivity index (χ1n) is 8.48. The van der Waals surface area contributed by atoms with Gasteiger partial charge in [0.25, 0.3) is 0 Å². The fourth-order valence-electron chi connectivity index (χ4n) is 2.54. The Morgan fingerprint density at radius 3 is 2.71 bits per heavy atom. The fourth-order valence-corrected chi connectivity index (χ4v) is 4.27. The van der Waals surface area contributed by atoms with Crippen molar-refractivity contribution in [2.75, 3.05) is 0 Å². The molecular formula is C20H15FN4OS2. The molecule has 1 amide bonds. The molecule has 1 N–H and O–H groups in total. The summed E-state index contributed by atoms with van der Waals surface area (Å²) >= 11 is 2.95. The molecule has 2 aromatic heterocycles. The van der Waals surface area contributed by atoms with Gasteiger partial charge in [0.2, 0.25) is 5.91 Å². The summed E-state index contributed by atoms with van der Waals surface area (Å²) in [7, 11) is 0. The van der Waals surface area contributed by atoms with Gasteiger partial charge in [0.15, 0.2) is 0 Å². The van der Waals surface area contributed by atoms with Gasteiger partial charge in [-0.2, -0.15) is 5.10 Å². The second-order valence-corrected chi connectivity index (χ2v) is 7.94. The number of fused-ring (bicyclic) bond motifs is 1. The highest BCUT2D eigenvalue weighted by Crippen LogP contribution is 2.24. The third-order valence-corrected chi connectivity index (χ3v) is 6.02. The van der Waals surface area contributed by atoms with Crippen molar-refractivity contribution in [2.45, 2.75) is 13.3 Å². The van der Waals surface area contributed by atoms with Crippen molar-refractivity contribution in [1.29, 1.82) is 0 Å². The van der Waals surface area contributed by atoms with E-state index >= 15 is 0 Å². The van der Waals surface area contributed by atoms with Gasteiger partial charge in [0.05, 0.1) is 28.0 Å². The lowest BCUT2D eigenvalue weighted by Crippen LogP contribution is -2.21. The van der Waals surface area contributed by atoms with Crippen LogP contribution in [-0.4, -0.2) is 21.6 Å². The first kappa shape index (κ1) is 18.4. The van der Waals surface area contributed by atoms with Gasteiger partial charge in [-0.05, 0) is 43.3 Å². The maximum Gasteiger partial charge on any atom is 0.246 e. The number of hydrogen-bond acceptors (Lipinski definition) is 6. The van der Waals surface area contributed by atoms with Gasteiger partial charge in [-0.3, -0.25) is 4.79 Å². The van der Waals surface area contributed by atoms with Gasteiger partial charge >= 0.3 is 0 Å². The molecule has 0 spiro atoms. The van der Waals surface area contributed by atoms with E-state index in [2.05, 4.69) is 20.5 Å². The van der Waals surface area contributed by atoms with E-state index in [1.54, 1.807) is 12.1 Å². The average Bonchev–Trinajstić information content (AvgIpc) is 3.33. The molecule has 0 aliphatic carbocycles. The lowest BCUT2D eigenvalue weighted by molar-refractivity contribution is -0.120. The van der Waals surface area contributed by atoms with Crippen LogP contribution in [0.1, 0.15) is 17.6 Å². The standard InChI is InChI=1S/C20H15FN4OS2/c1-12(19-23-16-4-2-3-5-17(16)28-19)24-25-18(26)10-15-11-27-20(22-15)13-6-8-14(21)9-7-13/h2-9,11H,10H2,1H3,(H,25,26)/b24-12-. The van der Waals surface area contributed by atoms with E-state index in [0.717, 1.165) is 25.8 Å². The minimum atomic E-state index is -0.290. The molecule has 0 aliphatic heterocycles. The molecule has 4 rings (SSSR count). The largest absolute Gasteiger partial charge is 0.273 e. The number of hydrogen-bond donors (Lipinski definition) is 1. The number of halogens is 1. The molecule has 0 aliphatic rings. The fraction of sp³-hybridized carbons (Fsp3) is 0.100. The zero-order chi connectivity index (χ0) is 19.5. The third-order valence-electron chi connectivity index (χ3n) is 3.94. The highest BCUT2D eigenvalue weighted by molar-refractivity contribution is 7.20. The Morgan fingerprint density at radius 2 is 1.93 bits per heavy atom. The van der Waals surface area contributed by atoms with E-state index < -0.39 is 0 Å². The lowest BCUT2D eigenvalue weighted by atomic mass is 10.2. The summed E-state index contributed by atoms with van der Waals surface area (Å²) in [6.45, 7) is 1.81. The molecule has 8 heteroatoms. The van der Waals surface area contributed by atoms with E-state index in [-0.39, 0.29) is 18.1 Å². The Balaban J connectivity index is 1.40. The van der Waals surface area contributed by atoms with E-state index in [0.29, 0.717) is 11.4 Å². The van der Waals surface area contributed by atoms with Gasteiger partial charge < -0.3 is 0 Å². The van der Waals surface area contributed by atoms with Crippen LogP contribution in [0.2, 0.25) is 0 Å². The highest BCUT2D eigenvalue weighted by atomic mass is 32.1. The molecule has 0 unspecified atom stereocenters. The molecule has 2 heterocycles. The smallest absolute Gasteiger partial charge is 0.246 e. The van der Waals surface area contributed by atoms with Crippen molar-refractivity contribution in [3.63, 3.8) is 0 Å². The van der Waals surface area contributed by atoms with Crippen LogP contribution in [0.5, 0.6) is 0 Å². The Hall–Kier alpha value is -2.97. The number of nitrogens with zero attached hydrogens (tertiary/aromatic N) is 3. The van der Waals surface area contributed by atoms with Crippen LogP contribution >= 0.6 is 22.7 Å². The summed E-state index contributed by atoms with van der Waals surface area (Å²) in [4.78, 5) is 21.1. The van der Waals surface area contributed by atoms with Crippen LogP contribution in [0.3, 0.4) is 0 Å². The van der Waals surface area contributed by atoms with Gasteiger partial charge in [-0.15, -0.1) is 22.7 Å². The van der Waals surface area contributed by atoms with Crippen LogP contribution in [0.25, 0.3) is 20.8 Å². The summed E-state index contributed by atoms with van der Waals surface area (Å²) < 4.78 is 14.1. The molecule has 2 aromatic carbocycles. The Bertz CT molecular complexity index is 1130. The number of aromatic nitrogens is 2.